The summed E-state index contributed by atoms with van der Waals surface area (Å²) in [5, 5.41) is 4.79. The lowest BCUT2D eigenvalue weighted by Crippen LogP contribution is -2.32. The molecule has 0 amide bonds. The molecule has 5 N–H and O–H groups in total. The predicted molar refractivity (Wildman–Crippen MR) is 131 cm³/mol. The molecule has 0 spiro atoms. The van der Waals surface area contributed by atoms with Gasteiger partial charge in [0.25, 0.3) is 0 Å². The molecule has 0 aliphatic carbocycles. The maximum Gasteiger partial charge on any atom is 0.166 e. The van der Waals surface area contributed by atoms with E-state index in [1.54, 1.807) is 0 Å². The van der Waals surface area contributed by atoms with Crippen molar-refractivity contribution in [3.8, 4) is 0 Å². The zero-order chi connectivity index (χ0) is 21.5. The molecule has 0 bridgehead atoms. The van der Waals surface area contributed by atoms with Crippen molar-refractivity contribution < 1.29 is 0 Å². The van der Waals surface area contributed by atoms with E-state index in [9.17, 15) is 0 Å². The van der Waals surface area contributed by atoms with Crippen molar-refractivity contribution in [1.29, 1.82) is 0 Å². The van der Waals surface area contributed by atoms with Gasteiger partial charge in [-0.3, -0.25) is 0 Å². The average molecular weight is 406 g/mol. The van der Waals surface area contributed by atoms with Crippen molar-refractivity contribution >= 4 is 41.0 Å². The van der Waals surface area contributed by atoms with Gasteiger partial charge in [-0.2, -0.15) is 5.10 Å². The first-order valence-corrected chi connectivity index (χ1v) is 9.92. The van der Waals surface area contributed by atoms with Crippen LogP contribution in [0.4, 0.5) is 0 Å². The molecule has 3 aromatic carbocycles. The number of rotatable bonds is 5. The van der Waals surface area contributed by atoms with Crippen LogP contribution >= 0.6 is 0 Å². The van der Waals surface area contributed by atoms with E-state index >= 15 is 0 Å². The number of pyridine rings is 1. The van der Waals surface area contributed by atoms with E-state index in [4.69, 9.17) is 11.7 Å². The van der Waals surface area contributed by atoms with Crippen molar-refractivity contribution in [2.45, 2.75) is 0 Å². The van der Waals surface area contributed by atoms with Crippen molar-refractivity contribution in [2.24, 2.45) is 16.8 Å². The second-order valence-corrected chi connectivity index (χ2v) is 7.01. The van der Waals surface area contributed by atoms with Gasteiger partial charge >= 0.3 is 0 Å². The Labute approximate surface area is 181 Å². The first-order chi connectivity index (χ1) is 15.2. The molecule has 31 heavy (non-hydrogen) atoms. The number of fused-ring (bicyclic) bond motifs is 1. The van der Waals surface area contributed by atoms with Crippen molar-refractivity contribution in [1.82, 2.24) is 10.4 Å². The Morgan fingerprint density at radius 3 is 2.19 bits per heavy atom. The van der Waals surface area contributed by atoms with E-state index < -0.39 is 0 Å². The van der Waals surface area contributed by atoms with Gasteiger partial charge in [0.2, 0.25) is 0 Å². The standard InChI is InChI=1S/C26H23N5/c27-30-26(31-28)23-6-3-4-21(18-23)13-12-19-8-10-20(11-9-19)14-16-24-17-15-22-5-1-2-7-25(22)29-24/h1-18H,27-28H2,(H,30,31)/b13-12-,16-14+. The van der Waals surface area contributed by atoms with Gasteiger partial charge in [-0.25, -0.2) is 10.8 Å². The Morgan fingerprint density at radius 2 is 1.45 bits per heavy atom. The molecule has 0 radical (unpaired) electrons. The molecule has 5 heteroatoms. The summed E-state index contributed by atoms with van der Waals surface area (Å²) in [7, 11) is 0. The van der Waals surface area contributed by atoms with Crippen molar-refractivity contribution in [3.05, 3.63) is 113 Å². The van der Waals surface area contributed by atoms with Crippen LogP contribution in [0.15, 0.2) is 90.0 Å². The Kier molecular flexibility index (Phi) is 6.16. The molecule has 0 saturated carbocycles. The minimum Gasteiger partial charge on any atom is -0.321 e. The molecule has 0 saturated heterocycles. The Balaban J connectivity index is 1.45. The summed E-state index contributed by atoms with van der Waals surface area (Å²) >= 11 is 0. The number of hydrogen-bond acceptors (Lipinski definition) is 4. The molecule has 0 aliphatic heterocycles. The van der Waals surface area contributed by atoms with Gasteiger partial charge < -0.3 is 11.3 Å². The third kappa shape index (κ3) is 5.04. The quantitative estimate of drug-likeness (QED) is 0.148. The number of nitrogens with two attached hydrogens (primary N) is 2. The topological polar surface area (TPSA) is 89.3 Å². The van der Waals surface area contributed by atoms with Crippen molar-refractivity contribution in [3.63, 3.8) is 0 Å². The predicted octanol–water partition coefficient (Wildman–Crippen LogP) is 4.66. The molecule has 1 aromatic heterocycles. The summed E-state index contributed by atoms with van der Waals surface area (Å²) in [6, 6.07) is 28.4. The van der Waals surface area contributed by atoms with Crippen LogP contribution in [-0.4, -0.2) is 10.8 Å². The summed E-state index contributed by atoms with van der Waals surface area (Å²) in [6.07, 6.45) is 8.21. The van der Waals surface area contributed by atoms with Crippen LogP contribution in [0.2, 0.25) is 0 Å². The van der Waals surface area contributed by atoms with E-state index in [0.29, 0.717) is 5.84 Å². The fourth-order valence-electron chi connectivity index (χ4n) is 3.25. The van der Waals surface area contributed by atoms with Gasteiger partial charge in [0, 0.05) is 10.9 Å². The Hall–Kier alpha value is -4.22. The lowest BCUT2D eigenvalue weighted by molar-refractivity contribution is 1.00. The largest absolute Gasteiger partial charge is 0.321 e. The lowest BCUT2D eigenvalue weighted by atomic mass is 10.1. The highest BCUT2D eigenvalue weighted by atomic mass is 15.3. The van der Waals surface area contributed by atoms with E-state index in [0.717, 1.165) is 38.9 Å². The van der Waals surface area contributed by atoms with Crippen molar-refractivity contribution in [2.75, 3.05) is 0 Å². The molecule has 4 aromatic rings. The van der Waals surface area contributed by atoms with Crippen LogP contribution < -0.4 is 17.1 Å². The second-order valence-electron chi connectivity index (χ2n) is 7.01. The molecule has 0 atom stereocenters. The SMILES string of the molecule is N/N=C(\NN)c1cccc(/C=C\c2ccc(/C=C/c3ccc4ccccc4n3)cc2)c1. The first-order valence-electron chi connectivity index (χ1n) is 9.92. The van der Waals surface area contributed by atoms with Crippen LogP contribution in [0, 0.1) is 0 Å². The maximum absolute atomic E-state index is 5.44. The fourth-order valence-corrected chi connectivity index (χ4v) is 3.25. The number of nitrogens with zero attached hydrogens (tertiary/aromatic N) is 2. The van der Waals surface area contributed by atoms with E-state index in [-0.39, 0.29) is 0 Å². The highest BCUT2D eigenvalue weighted by molar-refractivity contribution is 5.98. The number of para-hydroxylation sites is 1. The molecule has 0 fully saturated rings. The summed E-state index contributed by atoms with van der Waals surface area (Å²) in [5.74, 6) is 11.2. The van der Waals surface area contributed by atoms with Crippen LogP contribution in [0.25, 0.3) is 35.2 Å². The molecule has 1 heterocycles. The summed E-state index contributed by atoms with van der Waals surface area (Å²) in [5.41, 5.74) is 8.52. The number of nitrogens with one attached hydrogen (secondary N) is 1. The Bertz CT molecular complexity index is 1270. The average Bonchev–Trinajstić information content (AvgIpc) is 2.83. The highest BCUT2D eigenvalue weighted by Gasteiger charge is 2.01. The van der Waals surface area contributed by atoms with Crippen LogP contribution in [0.1, 0.15) is 27.9 Å². The zero-order valence-corrected chi connectivity index (χ0v) is 16.9. The molecule has 152 valence electrons. The van der Waals surface area contributed by atoms with Crippen LogP contribution in [-0.2, 0) is 0 Å². The number of hydrogen-bond donors (Lipinski definition) is 3. The van der Waals surface area contributed by atoms with E-state index in [2.05, 4.69) is 64.1 Å². The third-order valence-corrected chi connectivity index (χ3v) is 4.90. The van der Waals surface area contributed by atoms with E-state index in [1.165, 1.54) is 0 Å². The van der Waals surface area contributed by atoms with Crippen LogP contribution in [0.3, 0.4) is 0 Å². The van der Waals surface area contributed by atoms with Gasteiger partial charge in [0.15, 0.2) is 5.84 Å². The fraction of sp³-hybridized carbons (Fsp3) is 0. The number of hydrazone groups is 1. The molecule has 5 nitrogen and oxygen atoms in total. The summed E-state index contributed by atoms with van der Waals surface area (Å²) in [6.45, 7) is 0. The van der Waals surface area contributed by atoms with Gasteiger partial charge in [-0.05, 0) is 41.0 Å². The molecular weight excluding hydrogens is 382 g/mol. The highest BCUT2D eigenvalue weighted by Crippen LogP contribution is 2.15. The monoisotopic (exact) mass is 405 g/mol. The van der Waals surface area contributed by atoms with Gasteiger partial charge in [-0.15, -0.1) is 0 Å². The third-order valence-electron chi connectivity index (χ3n) is 4.90. The molecule has 4 rings (SSSR count). The van der Waals surface area contributed by atoms with E-state index in [1.807, 2.05) is 60.7 Å². The molecule has 0 unspecified atom stereocenters. The smallest absolute Gasteiger partial charge is 0.166 e. The van der Waals surface area contributed by atoms with Gasteiger partial charge in [-0.1, -0.05) is 85.0 Å². The minimum absolute atomic E-state index is 0.437. The number of amidine groups is 1. The summed E-state index contributed by atoms with van der Waals surface area (Å²) in [4.78, 5) is 4.68. The normalized spacial score (nSPS) is 12.1. The second kappa shape index (κ2) is 9.52. The maximum atomic E-state index is 5.44. The summed E-state index contributed by atoms with van der Waals surface area (Å²) < 4.78 is 0. The number of hydrazine groups is 1. The lowest BCUT2D eigenvalue weighted by Gasteiger charge is -2.04. The Morgan fingerprint density at radius 1 is 0.742 bits per heavy atom. The zero-order valence-electron chi connectivity index (χ0n) is 16.9. The first kappa shape index (κ1) is 20.1. The van der Waals surface area contributed by atoms with Gasteiger partial charge in [0.05, 0.1) is 11.2 Å². The number of benzene rings is 3. The molecule has 0 aliphatic rings. The van der Waals surface area contributed by atoms with Crippen LogP contribution in [0.5, 0.6) is 0 Å². The molecular formula is C26H23N5. The number of aromatic nitrogens is 1. The minimum atomic E-state index is 0.437. The van der Waals surface area contributed by atoms with Gasteiger partial charge in [0.1, 0.15) is 0 Å².